The van der Waals surface area contributed by atoms with E-state index in [0.29, 0.717) is 5.56 Å². The fraction of sp³-hybridized carbons (Fsp3) is 0.0588. The molecule has 10 heteroatoms. The van der Waals surface area contributed by atoms with E-state index in [-0.39, 0.29) is 21.9 Å². The Hall–Kier alpha value is -3.29. The number of carbonyl (C=O) groups is 1. The van der Waals surface area contributed by atoms with E-state index in [4.69, 9.17) is 5.14 Å². The van der Waals surface area contributed by atoms with Gasteiger partial charge in [-0.3, -0.25) is 4.79 Å². The van der Waals surface area contributed by atoms with Gasteiger partial charge in [0.25, 0.3) is 5.91 Å². The summed E-state index contributed by atoms with van der Waals surface area (Å²) in [4.78, 5) is 12.0. The van der Waals surface area contributed by atoms with Gasteiger partial charge in [-0.25, -0.2) is 13.6 Å². The highest BCUT2D eigenvalue weighted by Gasteiger charge is 2.13. The second-order valence-corrected chi connectivity index (χ2v) is 6.71. The predicted octanol–water partition coefficient (Wildman–Crippen LogP) is 2.48. The third-order valence-electron chi connectivity index (χ3n) is 3.20. The van der Waals surface area contributed by atoms with E-state index in [0.717, 1.165) is 6.07 Å². The molecule has 0 spiro atoms. The number of anilines is 1. The first kappa shape index (κ1) is 20.0. The Morgan fingerprint density at radius 2 is 1.89 bits per heavy atom. The van der Waals surface area contributed by atoms with Gasteiger partial charge in [-0.05, 0) is 42.0 Å². The molecule has 0 bridgehead atoms. The average Bonchev–Trinajstić information content (AvgIpc) is 2.60. The molecule has 2 aromatic rings. The number of nitrogens with two attached hydrogens (primary N) is 1. The van der Waals surface area contributed by atoms with Gasteiger partial charge in [0.2, 0.25) is 10.0 Å². The van der Waals surface area contributed by atoms with Gasteiger partial charge in [0.05, 0.1) is 4.90 Å². The Kier molecular flexibility index (Phi) is 6.23. The predicted molar refractivity (Wildman–Crippen MR) is 93.1 cm³/mol. The molecule has 0 aliphatic heterocycles. The van der Waals surface area contributed by atoms with Crippen LogP contribution >= 0.6 is 0 Å². The van der Waals surface area contributed by atoms with Crippen molar-refractivity contribution in [1.82, 2.24) is 0 Å². The van der Waals surface area contributed by atoms with Gasteiger partial charge in [0.1, 0.15) is 17.4 Å². The third kappa shape index (κ3) is 5.88. The number of halogens is 2. The first-order valence-electron chi connectivity index (χ1n) is 7.30. The zero-order valence-electron chi connectivity index (χ0n) is 13.6. The fourth-order valence-corrected chi connectivity index (χ4v) is 2.57. The van der Waals surface area contributed by atoms with Crippen LogP contribution in [0.5, 0.6) is 5.75 Å². The van der Waals surface area contributed by atoms with Crippen LogP contribution in [0.1, 0.15) is 5.56 Å². The molecule has 0 atom stereocenters. The van der Waals surface area contributed by atoms with E-state index in [1.807, 2.05) is 0 Å². The summed E-state index contributed by atoms with van der Waals surface area (Å²) in [7, 11) is -3.94. The standard InChI is InChI=1S/C17H13F2N3O4S/c18-17(19)26-14-6-4-11(5-7-14)8-12(10-20)16(23)22-13-2-1-3-15(9-13)27(21,24)25/h1-9,17H,(H,22,23)(H2,21,24,25). The maximum absolute atomic E-state index is 12.2. The van der Waals surface area contributed by atoms with Gasteiger partial charge < -0.3 is 10.1 Å². The maximum Gasteiger partial charge on any atom is 0.387 e. The number of benzene rings is 2. The highest BCUT2D eigenvalue weighted by Crippen LogP contribution is 2.18. The number of carbonyl (C=O) groups excluding carboxylic acids is 1. The number of ether oxygens (including phenoxy) is 1. The van der Waals surface area contributed by atoms with E-state index in [2.05, 4.69) is 10.1 Å². The van der Waals surface area contributed by atoms with E-state index in [1.54, 1.807) is 6.07 Å². The van der Waals surface area contributed by atoms with Crippen LogP contribution in [-0.2, 0) is 14.8 Å². The van der Waals surface area contributed by atoms with Crippen molar-refractivity contribution in [2.45, 2.75) is 11.5 Å². The number of primary sulfonamides is 1. The van der Waals surface area contributed by atoms with Crippen LogP contribution in [0.15, 0.2) is 59.0 Å². The van der Waals surface area contributed by atoms with Crippen molar-refractivity contribution >= 4 is 27.7 Å². The van der Waals surface area contributed by atoms with Gasteiger partial charge in [0, 0.05) is 5.69 Å². The number of hydrogen-bond donors (Lipinski definition) is 2. The maximum atomic E-state index is 12.2. The molecule has 1 amide bonds. The van der Waals surface area contributed by atoms with Crippen LogP contribution < -0.4 is 15.2 Å². The number of amides is 1. The fourth-order valence-electron chi connectivity index (χ4n) is 2.01. The minimum Gasteiger partial charge on any atom is -0.435 e. The molecule has 0 saturated heterocycles. The van der Waals surface area contributed by atoms with Crippen molar-refractivity contribution < 1.29 is 26.7 Å². The molecule has 0 fully saturated rings. The Morgan fingerprint density at radius 1 is 1.22 bits per heavy atom. The molecule has 3 N–H and O–H groups in total. The Balaban J connectivity index is 2.19. The molecule has 0 saturated carbocycles. The third-order valence-corrected chi connectivity index (χ3v) is 4.11. The number of alkyl halides is 2. The molecule has 0 radical (unpaired) electrons. The largest absolute Gasteiger partial charge is 0.435 e. The molecule has 0 heterocycles. The van der Waals surface area contributed by atoms with Crippen molar-refractivity contribution in [3.05, 3.63) is 59.7 Å². The summed E-state index contributed by atoms with van der Waals surface area (Å²) in [6.07, 6.45) is 1.24. The van der Waals surface area contributed by atoms with Gasteiger partial charge >= 0.3 is 6.61 Å². The van der Waals surface area contributed by atoms with Crippen LogP contribution in [0.2, 0.25) is 0 Å². The number of nitrogens with zero attached hydrogens (tertiary/aromatic N) is 1. The van der Waals surface area contributed by atoms with E-state index >= 15 is 0 Å². The lowest BCUT2D eigenvalue weighted by Crippen LogP contribution is -2.15. The first-order valence-corrected chi connectivity index (χ1v) is 8.84. The zero-order chi connectivity index (χ0) is 20.0. The van der Waals surface area contributed by atoms with Gasteiger partial charge in [-0.15, -0.1) is 0 Å². The second-order valence-electron chi connectivity index (χ2n) is 5.14. The lowest BCUT2D eigenvalue weighted by Gasteiger charge is -2.06. The molecular weight excluding hydrogens is 380 g/mol. The van der Waals surface area contributed by atoms with Gasteiger partial charge in [-0.1, -0.05) is 18.2 Å². The lowest BCUT2D eigenvalue weighted by molar-refractivity contribution is -0.112. The molecule has 2 rings (SSSR count). The van der Waals surface area contributed by atoms with E-state index in [9.17, 15) is 27.3 Å². The van der Waals surface area contributed by atoms with Gasteiger partial charge in [-0.2, -0.15) is 14.0 Å². The highest BCUT2D eigenvalue weighted by molar-refractivity contribution is 7.89. The lowest BCUT2D eigenvalue weighted by atomic mass is 10.1. The van der Waals surface area contributed by atoms with Crippen molar-refractivity contribution in [2.75, 3.05) is 5.32 Å². The highest BCUT2D eigenvalue weighted by atomic mass is 32.2. The Morgan fingerprint density at radius 3 is 2.44 bits per heavy atom. The minimum atomic E-state index is -3.94. The number of hydrogen-bond acceptors (Lipinski definition) is 5. The summed E-state index contributed by atoms with van der Waals surface area (Å²) >= 11 is 0. The van der Waals surface area contributed by atoms with Crippen LogP contribution in [0.25, 0.3) is 6.08 Å². The number of nitriles is 1. The monoisotopic (exact) mass is 393 g/mol. The van der Waals surface area contributed by atoms with Crippen molar-refractivity contribution in [2.24, 2.45) is 5.14 Å². The SMILES string of the molecule is N#CC(=Cc1ccc(OC(F)F)cc1)C(=O)Nc1cccc(S(N)(=O)=O)c1. The van der Waals surface area contributed by atoms with Crippen molar-refractivity contribution in [3.63, 3.8) is 0 Å². The zero-order valence-corrected chi connectivity index (χ0v) is 14.4. The minimum absolute atomic E-state index is 0.0649. The van der Waals surface area contributed by atoms with Crippen LogP contribution in [0.3, 0.4) is 0 Å². The average molecular weight is 393 g/mol. The molecule has 27 heavy (non-hydrogen) atoms. The van der Waals surface area contributed by atoms with Crippen molar-refractivity contribution in [3.8, 4) is 11.8 Å². The van der Waals surface area contributed by atoms with Crippen LogP contribution in [-0.4, -0.2) is 20.9 Å². The van der Waals surface area contributed by atoms with Crippen LogP contribution in [0, 0.1) is 11.3 Å². The molecule has 0 aliphatic carbocycles. The molecule has 7 nitrogen and oxygen atoms in total. The van der Waals surface area contributed by atoms with Crippen LogP contribution in [0.4, 0.5) is 14.5 Å². The molecule has 0 unspecified atom stereocenters. The molecular formula is C17H13F2N3O4S. The molecule has 2 aromatic carbocycles. The van der Waals surface area contributed by atoms with Gasteiger partial charge in [0.15, 0.2) is 0 Å². The van der Waals surface area contributed by atoms with E-state index < -0.39 is 22.5 Å². The topological polar surface area (TPSA) is 122 Å². The molecule has 140 valence electrons. The normalized spacial score (nSPS) is 11.7. The number of nitrogens with one attached hydrogen (secondary N) is 1. The van der Waals surface area contributed by atoms with Crippen molar-refractivity contribution in [1.29, 1.82) is 5.26 Å². The number of rotatable bonds is 6. The first-order chi connectivity index (χ1) is 12.7. The summed E-state index contributed by atoms with van der Waals surface area (Å²) < 4.78 is 51.1. The quantitative estimate of drug-likeness (QED) is 0.577. The van der Waals surface area contributed by atoms with E-state index in [1.165, 1.54) is 48.5 Å². The summed E-state index contributed by atoms with van der Waals surface area (Å²) in [6.45, 7) is -2.96. The molecule has 0 aromatic heterocycles. The molecule has 0 aliphatic rings. The Bertz CT molecular complexity index is 1010. The number of sulfonamides is 1. The summed E-state index contributed by atoms with van der Waals surface area (Å²) in [5, 5.41) is 16.6. The second kappa shape index (κ2) is 8.39. The Labute approximate surface area is 153 Å². The smallest absolute Gasteiger partial charge is 0.387 e. The summed E-state index contributed by atoms with van der Waals surface area (Å²) in [5.74, 6) is -0.845. The summed E-state index contributed by atoms with van der Waals surface area (Å²) in [5.41, 5.74) is 0.258. The summed E-state index contributed by atoms with van der Waals surface area (Å²) in [6, 6.07) is 12.3.